The lowest BCUT2D eigenvalue weighted by molar-refractivity contribution is 0.206. The van der Waals surface area contributed by atoms with Gasteiger partial charge in [0, 0.05) is 17.6 Å². The Morgan fingerprint density at radius 2 is 2.00 bits per heavy atom. The Morgan fingerprint density at radius 1 is 1.25 bits per heavy atom. The molecule has 1 aliphatic rings. The number of halogens is 1. The van der Waals surface area contributed by atoms with E-state index in [4.69, 9.17) is 17.3 Å². The Labute approximate surface area is 128 Å². The van der Waals surface area contributed by atoms with Crippen LogP contribution in [0, 0.1) is 5.92 Å². The largest absolute Gasteiger partial charge is 0.329 e. The van der Waals surface area contributed by atoms with Crippen LogP contribution in [0.1, 0.15) is 50.6 Å². The minimum absolute atomic E-state index is 0.340. The SMILES string of the molecule is CCCC1CCCN(C(CN)c2ccc(Cl)cc2)CC1. The van der Waals surface area contributed by atoms with Crippen molar-refractivity contribution in [3.05, 3.63) is 34.9 Å². The molecular weight excluding hydrogens is 268 g/mol. The second-order valence-electron chi connectivity index (χ2n) is 5.92. The van der Waals surface area contributed by atoms with Gasteiger partial charge in [-0.3, -0.25) is 4.90 Å². The Balaban J connectivity index is 2.02. The molecule has 0 aromatic heterocycles. The van der Waals surface area contributed by atoms with Crippen LogP contribution in [-0.2, 0) is 0 Å². The van der Waals surface area contributed by atoms with Crippen LogP contribution in [-0.4, -0.2) is 24.5 Å². The summed E-state index contributed by atoms with van der Waals surface area (Å²) in [4.78, 5) is 2.57. The second kappa shape index (κ2) is 8.02. The lowest BCUT2D eigenvalue weighted by atomic mass is 9.96. The molecule has 112 valence electrons. The van der Waals surface area contributed by atoms with Gasteiger partial charge in [-0.2, -0.15) is 0 Å². The van der Waals surface area contributed by atoms with Crippen LogP contribution < -0.4 is 5.73 Å². The van der Waals surface area contributed by atoms with Crippen molar-refractivity contribution < 1.29 is 0 Å². The van der Waals surface area contributed by atoms with E-state index in [0.717, 1.165) is 10.9 Å². The third-order valence-corrected chi connectivity index (χ3v) is 4.75. The van der Waals surface area contributed by atoms with Crippen molar-refractivity contribution in [1.29, 1.82) is 0 Å². The fourth-order valence-corrected chi connectivity index (χ4v) is 3.50. The Hall–Kier alpha value is -0.570. The highest BCUT2D eigenvalue weighted by Gasteiger charge is 2.23. The summed E-state index contributed by atoms with van der Waals surface area (Å²) < 4.78 is 0. The van der Waals surface area contributed by atoms with E-state index < -0.39 is 0 Å². The molecule has 20 heavy (non-hydrogen) atoms. The minimum Gasteiger partial charge on any atom is -0.329 e. The summed E-state index contributed by atoms with van der Waals surface area (Å²) in [7, 11) is 0. The highest BCUT2D eigenvalue weighted by molar-refractivity contribution is 6.30. The maximum atomic E-state index is 6.04. The molecular formula is C17H27ClN2. The average molecular weight is 295 g/mol. The second-order valence-corrected chi connectivity index (χ2v) is 6.36. The van der Waals surface area contributed by atoms with Crippen molar-refractivity contribution in [1.82, 2.24) is 4.90 Å². The summed E-state index contributed by atoms with van der Waals surface area (Å²) in [6.07, 6.45) is 6.68. The first kappa shape index (κ1) is 15.8. The zero-order valence-corrected chi connectivity index (χ0v) is 13.3. The number of benzene rings is 1. The molecule has 2 rings (SSSR count). The summed E-state index contributed by atoms with van der Waals surface area (Å²) in [6.45, 7) is 5.32. The lowest BCUT2D eigenvalue weighted by Crippen LogP contribution is -2.34. The molecule has 1 heterocycles. The van der Waals surface area contributed by atoms with Gasteiger partial charge in [0.1, 0.15) is 0 Å². The summed E-state index contributed by atoms with van der Waals surface area (Å²) in [6, 6.07) is 8.52. The lowest BCUT2D eigenvalue weighted by Gasteiger charge is -2.30. The molecule has 0 radical (unpaired) electrons. The highest BCUT2D eigenvalue weighted by Crippen LogP contribution is 2.28. The first-order valence-corrected chi connectivity index (χ1v) is 8.32. The number of hydrogen-bond donors (Lipinski definition) is 1. The average Bonchev–Trinajstić information content (AvgIpc) is 2.68. The van der Waals surface area contributed by atoms with E-state index in [-0.39, 0.29) is 0 Å². The van der Waals surface area contributed by atoms with Crippen molar-refractivity contribution in [3.63, 3.8) is 0 Å². The molecule has 1 fully saturated rings. The number of likely N-dealkylation sites (tertiary alicyclic amines) is 1. The zero-order chi connectivity index (χ0) is 14.4. The number of rotatable bonds is 5. The first-order chi connectivity index (χ1) is 9.74. The van der Waals surface area contributed by atoms with Gasteiger partial charge in [-0.15, -0.1) is 0 Å². The standard InChI is InChI=1S/C17H27ClN2/c1-2-4-14-5-3-11-20(12-10-14)17(13-19)15-6-8-16(18)9-7-15/h6-9,14,17H,2-5,10-13,19H2,1H3. The van der Waals surface area contributed by atoms with Crippen molar-refractivity contribution in [2.75, 3.05) is 19.6 Å². The van der Waals surface area contributed by atoms with Crippen LogP contribution >= 0.6 is 11.6 Å². The Bertz CT molecular complexity index is 390. The van der Waals surface area contributed by atoms with Gasteiger partial charge in [-0.25, -0.2) is 0 Å². The summed E-state index contributed by atoms with van der Waals surface area (Å²) in [5.74, 6) is 0.911. The highest BCUT2D eigenvalue weighted by atomic mass is 35.5. The maximum Gasteiger partial charge on any atom is 0.0470 e. The van der Waals surface area contributed by atoms with Gasteiger partial charge in [0.05, 0.1) is 0 Å². The smallest absolute Gasteiger partial charge is 0.0470 e. The molecule has 0 amide bonds. The van der Waals surface area contributed by atoms with E-state index in [9.17, 15) is 0 Å². The van der Waals surface area contributed by atoms with Crippen molar-refractivity contribution in [3.8, 4) is 0 Å². The summed E-state index contributed by atoms with van der Waals surface area (Å²) in [5, 5.41) is 0.795. The van der Waals surface area contributed by atoms with E-state index >= 15 is 0 Å². The van der Waals surface area contributed by atoms with E-state index in [1.807, 2.05) is 12.1 Å². The molecule has 2 unspecified atom stereocenters. The van der Waals surface area contributed by atoms with Gasteiger partial charge in [0.15, 0.2) is 0 Å². The number of nitrogens with zero attached hydrogens (tertiary/aromatic N) is 1. The van der Waals surface area contributed by atoms with Crippen LogP contribution in [0.15, 0.2) is 24.3 Å². The third-order valence-electron chi connectivity index (χ3n) is 4.50. The molecule has 0 bridgehead atoms. The molecule has 1 aromatic rings. The number of hydrogen-bond acceptors (Lipinski definition) is 2. The van der Waals surface area contributed by atoms with Gasteiger partial charge < -0.3 is 5.73 Å². The van der Waals surface area contributed by atoms with Crippen molar-refractivity contribution >= 4 is 11.6 Å². The quantitative estimate of drug-likeness (QED) is 0.880. The monoisotopic (exact) mass is 294 g/mol. The predicted octanol–water partition coefficient (Wildman–Crippen LogP) is 4.24. The van der Waals surface area contributed by atoms with Crippen LogP contribution in [0.25, 0.3) is 0 Å². The van der Waals surface area contributed by atoms with Crippen LogP contribution in [0.4, 0.5) is 0 Å². The topological polar surface area (TPSA) is 29.3 Å². The van der Waals surface area contributed by atoms with E-state index in [1.54, 1.807) is 0 Å². The van der Waals surface area contributed by atoms with Crippen molar-refractivity contribution in [2.45, 2.75) is 45.1 Å². The summed E-state index contributed by atoms with van der Waals surface area (Å²) >= 11 is 5.98. The fourth-order valence-electron chi connectivity index (χ4n) is 3.38. The maximum absolute atomic E-state index is 6.04. The fraction of sp³-hybridized carbons (Fsp3) is 0.647. The van der Waals surface area contributed by atoms with E-state index in [2.05, 4.69) is 24.0 Å². The van der Waals surface area contributed by atoms with Gasteiger partial charge in [-0.05, 0) is 56.0 Å². The van der Waals surface area contributed by atoms with E-state index in [1.165, 1.54) is 50.8 Å². The van der Waals surface area contributed by atoms with Crippen LogP contribution in [0.2, 0.25) is 5.02 Å². The van der Waals surface area contributed by atoms with E-state index in [0.29, 0.717) is 12.6 Å². The molecule has 3 heteroatoms. The van der Waals surface area contributed by atoms with Gasteiger partial charge in [0.25, 0.3) is 0 Å². The predicted molar refractivity (Wildman–Crippen MR) is 87.1 cm³/mol. The van der Waals surface area contributed by atoms with Gasteiger partial charge >= 0.3 is 0 Å². The molecule has 1 saturated heterocycles. The molecule has 2 N–H and O–H groups in total. The van der Waals surface area contributed by atoms with Crippen LogP contribution in [0.5, 0.6) is 0 Å². The molecule has 0 saturated carbocycles. The first-order valence-electron chi connectivity index (χ1n) is 7.94. The Morgan fingerprint density at radius 3 is 2.65 bits per heavy atom. The molecule has 1 aromatic carbocycles. The summed E-state index contributed by atoms with van der Waals surface area (Å²) in [5.41, 5.74) is 7.34. The van der Waals surface area contributed by atoms with Crippen LogP contribution in [0.3, 0.4) is 0 Å². The molecule has 2 nitrogen and oxygen atoms in total. The third kappa shape index (κ3) is 4.21. The zero-order valence-electron chi connectivity index (χ0n) is 12.5. The molecule has 0 spiro atoms. The molecule has 2 atom stereocenters. The number of nitrogens with two attached hydrogens (primary N) is 1. The minimum atomic E-state index is 0.340. The van der Waals surface area contributed by atoms with Crippen molar-refractivity contribution in [2.24, 2.45) is 11.7 Å². The van der Waals surface area contributed by atoms with Gasteiger partial charge in [0.2, 0.25) is 0 Å². The van der Waals surface area contributed by atoms with Gasteiger partial charge in [-0.1, -0.05) is 43.5 Å². The normalized spacial score (nSPS) is 22.4. The Kier molecular flexibility index (Phi) is 6.34. The molecule has 1 aliphatic heterocycles. The molecule has 0 aliphatic carbocycles.